The number of likely N-dealkylation sites (tertiary alicyclic amines) is 1. The van der Waals surface area contributed by atoms with Gasteiger partial charge in [-0.3, -0.25) is 14.7 Å². The van der Waals surface area contributed by atoms with E-state index >= 15 is 0 Å². The highest BCUT2D eigenvalue weighted by Crippen LogP contribution is 2.29. The third kappa shape index (κ3) is 3.79. The number of nitrogens with zero attached hydrogens (tertiary/aromatic N) is 4. The molecule has 2 heterocycles. The zero-order chi connectivity index (χ0) is 16.4. The van der Waals surface area contributed by atoms with Crippen molar-refractivity contribution >= 4 is 11.9 Å². The van der Waals surface area contributed by atoms with Crippen LogP contribution in [0.1, 0.15) is 33.1 Å². The summed E-state index contributed by atoms with van der Waals surface area (Å²) in [6.45, 7) is 9.97. The van der Waals surface area contributed by atoms with Crippen molar-refractivity contribution in [2.75, 3.05) is 46.3 Å². The average molecular weight is 321 g/mol. The van der Waals surface area contributed by atoms with Gasteiger partial charge in [-0.2, -0.15) is 0 Å². The molecule has 1 amide bonds. The largest absolute Gasteiger partial charge is 0.353 e. The fourth-order valence-electron chi connectivity index (χ4n) is 3.67. The van der Waals surface area contributed by atoms with Gasteiger partial charge in [0.1, 0.15) is 0 Å². The number of guanidine groups is 1. The summed E-state index contributed by atoms with van der Waals surface area (Å²) >= 11 is 0. The maximum atomic E-state index is 12.5. The number of hydrogen-bond acceptors (Lipinski definition) is 3. The van der Waals surface area contributed by atoms with Crippen molar-refractivity contribution in [2.24, 2.45) is 10.9 Å². The Morgan fingerprint density at radius 3 is 2.22 bits per heavy atom. The molecular weight excluding hydrogens is 290 g/mol. The Morgan fingerprint density at radius 2 is 1.70 bits per heavy atom. The van der Waals surface area contributed by atoms with Crippen molar-refractivity contribution in [3.05, 3.63) is 0 Å². The van der Waals surface area contributed by atoms with Crippen LogP contribution in [0.25, 0.3) is 0 Å². The van der Waals surface area contributed by atoms with E-state index in [1.54, 1.807) is 0 Å². The third-order valence-electron chi connectivity index (χ3n) is 5.57. The molecular formula is C17H31N5O. The van der Waals surface area contributed by atoms with Crippen LogP contribution in [-0.4, -0.2) is 85.0 Å². The topological polar surface area (TPSA) is 51.2 Å². The lowest BCUT2D eigenvalue weighted by Gasteiger charge is -2.39. The highest BCUT2D eigenvalue weighted by molar-refractivity contribution is 5.82. The number of rotatable bonds is 3. The minimum atomic E-state index is 0.00804. The Labute approximate surface area is 139 Å². The Balaban J connectivity index is 1.48. The molecule has 2 saturated heterocycles. The van der Waals surface area contributed by atoms with Gasteiger partial charge in [-0.05, 0) is 32.1 Å². The van der Waals surface area contributed by atoms with Gasteiger partial charge in [0.05, 0.1) is 6.04 Å². The summed E-state index contributed by atoms with van der Waals surface area (Å²) < 4.78 is 0. The van der Waals surface area contributed by atoms with Gasteiger partial charge >= 0.3 is 0 Å². The van der Waals surface area contributed by atoms with Crippen LogP contribution in [-0.2, 0) is 4.79 Å². The van der Waals surface area contributed by atoms with Crippen molar-refractivity contribution in [1.82, 2.24) is 20.0 Å². The van der Waals surface area contributed by atoms with Crippen LogP contribution in [0.4, 0.5) is 0 Å². The molecule has 3 aliphatic rings. The number of aliphatic imine (C=N–C) groups is 1. The van der Waals surface area contributed by atoms with Crippen LogP contribution < -0.4 is 5.32 Å². The van der Waals surface area contributed by atoms with Crippen LogP contribution in [0.15, 0.2) is 4.99 Å². The van der Waals surface area contributed by atoms with Crippen LogP contribution in [0.2, 0.25) is 0 Å². The number of amides is 1. The highest BCUT2D eigenvalue weighted by atomic mass is 16.2. The van der Waals surface area contributed by atoms with Gasteiger partial charge in [0, 0.05) is 52.4 Å². The SMILES string of the molecule is CN=C(NC1CC1C)N1CCN(C(C)C(=O)N2CCCC2)CC1. The van der Waals surface area contributed by atoms with Gasteiger partial charge in [-0.1, -0.05) is 6.92 Å². The first-order chi connectivity index (χ1) is 11.1. The molecule has 0 bridgehead atoms. The molecule has 1 aliphatic carbocycles. The van der Waals surface area contributed by atoms with E-state index in [4.69, 9.17) is 0 Å². The molecule has 3 fully saturated rings. The van der Waals surface area contributed by atoms with Gasteiger partial charge in [-0.25, -0.2) is 0 Å². The van der Waals surface area contributed by atoms with Gasteiger partial charge in [-0.15, -0.1) is 0 Å². The number of nitrogens with one attached hydrogen (secondary N) is 1. The van der Waals surface area contributed by atoms with Gasteiger partial charge in [0.2, 0.25) is 5.91 Å². The summed E-state index contributed by atoms with van der Waals surface area (Å²) in [5.41, 5.74) is 0. The van der Waals surface area contributed by atoms with Crippen molar-refractivity contribution < 1.29 is 4.79 Å². The van der Waals surface area contributed by atoms with E-state index in [0.717, 1.165) is 64.0 Å². The Morgan fingerprint density at radius 1 is 1.09 bits per heavy atom. The maximum Gasteiger partial charge on any atom is 0.239 e. The number of hydrogen-bond donors (Lipinski definition) is 1. The molecule has 0 aromatic carbocycles. The standard InChI is InChI=1S/C17H31N5O/c1-13-12-15(13)19-17(18-3)22-10-8-20(9-11-22)14(2)16(23)21-6-4-5-7-21/h13-15H,4-12H2,1-3H3,(H,18,19). The molecule has 3 rings (SSSR count). The minimum absolute atomic E-state index is 0.00804. The average Bonchev–Trinajstić information content (AvgIpc) is 3.05. The van der Waals surface area contributed by atoms with E-state index < -0.39 is 0 Å². The lowest BCUT2D eigenvalue weighted by molar-refractivity contribution is -0.135. The lowest BCUT2D eigenvalue weighted by Crippen LogP contribution is -2.57. The first kappa shape index (κ1) is 16.6. The second-order valence-electron chi connectivity index (χ2n) is 7.24. The summed E-state index contributed by atoms with van der Waals surface area (Å²) in [5.74, 6) is 2.11. The van der Waals surface area contributed by atoms with Crippen LogP contribution in [0.5, 0.6) is 0 Å². The Bertz CT molecular complexity index is 452. The zero-order valence-electron chi connectivity index (χ0n) is 14.8. The number of carbonyl (C=O) groups excluding carboxylic acids is 1. The Hall–Kier alpha value is -1.30. The Kier molecular flexibility index (Phi) is 5.09. The van der Waals surface area contributed by atoms with Gasteiger partial charge in [0.25, 0.3) is 0 Å². The van der Waals surface area contributed by atoms with Crippen molar-refractivity contribution in [3.8, 4) is 0 Å². The summed E-state index contributed by atoms with van der Waals surface area (Å²) in [7, 11) is 1.86. The van der Waals surface area contributed by atoms with Crippen molar-refractivity contribution in [2.45, 2.75) is 45.2 Å². The molecule has 0 radical (unpaired) electrons. The van der Waals surface area contributed by atoms with Crippen molar-refractivity contribution in [3.63, 3.8) is 0 Å². The van der Waals surface area contributed by atoms with Crippen LogP contribution in [0.3, 0.4) is 0 Å². The molecule has 0 aromatic heterocycles. The zero-order valence-corrected chi connectivity index (χ0v) is 14.8. The lowest BCUT2D eigenvalue weighted by atomic mass is 10.2. The summed E-state index contributed by atoms with van der Waals surface area (Å²) in [4.78, 5) is 23.7. The molecule has 130 valence electrons. The predicted octanol–water partition coefficient (Wildman–Crippen LogP) is 0.599. The van der Waals surface area contributed by atoms with E-state index in [9.17, 15) is 4.79 Å². The third-order valence-corrected chi connectivity index (χ3v) is 5.57. The van der Waals surface area contributed by atoms with Crippen molar-refractivity contribution in [1.29, 1.82) is 0 Å². The van der Waals surface area contributed by atoms with Crippen LogP contribution >= 0.6 is 0 Å². The van der Waals surface area contributed by atoms with E-state index in [-0.39, 0.29) is 6.04 Å². The highest BCUT2D eigenvalue weighted by Gasteiger charge is 2.35. The summed E-state index contributed by atoms with van der Waals surface area (Å²) in [6, 6.07) is 0.607. The molecule has 0 aromatic rings. The molecule has 3 atom stereocenters. The number of piperazine rings is 1. The second-order valence-corrected chi connectivity index (χ2v) is 7.24. The summed E-state index contributed by atoms with van der Waals surface area (Å²) in [5, 5.41) is 3.55. The minimum Gasteiger partial charge on any atom is -0.353 e. The monoisotopic (exact) mass is 321 g/mol. The van der Waals surface area contributed by atoms with E-state index in [1.807, 2.05) is 11.9 Å². The molecule has 2 aliphatic heterocycles. The fourth-order valence-corrected chi connectivity index (χ4v) is 3.67. The van der Waals surface area contributed by atoms with Crippen LogP contribution in [0, 0.1) is 5.92 Å². The fraction of sp³-hybridized carbons (Fsp3) is 0.882. The molecule has 3 unspecified atom stereocenters. The molecule has 6 nitrogen and oxygen atoms in total. The molecule has 0 spiro atoms. The molecule has 23 heavy (non-hydrogen) atoms. The first-order valence-electron chi connectivity index (χ1n) is 9.11. The smallest absolute Gasteiger partial charge is 0.239 e. The van der Waals surface area contributed by atoms with E-state index in [2.05, 4.69) is 34.0 Å². The van der Waals surface area contributed by atoms with Gasteiger partial charge in [0.15, 0.2) is 5.96 Å². The normalized spacial score (nSPS) is 30.5. The second kappa shape index (κ2) is 7.07. The molecule has 1 N–H and O–H groups in total. The summed E-state index contributed by atoms with van der Waals surface area (Å²) in [6.07, 6.45) is 3.57. The maximum absolute atomic E-state index is 12.5. The molecule has 1 saturated carbocycles. The van der Waals surface area contributed by atoms with E-state index in [1.165, 1.54) is 6.42 Å². The van der Waals surface area contributed by atoms with E-state index in [0.29, 0.717) is 11.9 Å². The quantitative estimate of drug-likeness (QED) is 0.611. The number of carbonyl (C=O) groups is 1. The van der Waals surface area contributed by atoms with Gasteiger partial charge < -0.3 is 15.1 Å². The molecule has 6 heteroatoms. The first-order valence-corrected chi connectivity index (χ1v) is 9.11. The predicted molar refractivity (Wildman–Crippen MR) is 92.5 cm³/mol.